The Morgan fingerprint density at radius 3 is 2.09 bits per heavy atom. The number of rotatable bonds is 5. The van der Waals surface area contributed by atoms with Gasteiger partial charge in [0.15, 0.2) is 0 Å². The summed E-state index contributed by atoms with van der Waals surface area (Å²) in [6.07, 6.45) is 2.02. The van der Waals surface area contributed by atoms with Gasteiger partial charge in [0.05, 0.1) is 24.0 Å². The van der Waals surface area contributed by atoms with Crippen molar-refractivity contribution >= 4 is 34.8 Å². The van der Waals surface area contributed by atoms with Crippen LogP contribution in [-0.4, -0.2) is 18.0 Å². The van der Waals surface area contributed by atoms with Crippen molar-refractivity contribution in [1.29, 1.82) is 0 Å². The minimum absolute atomic E-state index is 0.694. The molecule has 2 nitrogen and oxygen atoms in total. The molecule has 34 heavy (non-hydrogen) atoms. The van der Waals surface area contributed by atoms with E-state index in [1.165, 1.54) is 21.0 Å². The topological polar surface area (TPSA) is 25.8 Å². The fourth-order valence-electron chi connectivity index (χ4n) is 4.34. The lowest BCUT2D eigenvalue weighted by atomic mass is 9.98. The SMILES string of the molecule is [2H]C(C)(C)c1cc(-c2cc(-c3ccccc3)c3sc(-c4ccccc4)nc3c2)ncc1[Si](C)(C)C. The first-order valence-corrected chi connectivity index (χ1v) is 16.0. The van der Waals surface area contributed by atoms with Gasteiger partial charge in [0.1, 0.15) is 5.01 Å². The summed E-state index contributed by atoms with van der Waals surface area (Å²) in [6.45, 7) is 10.9. The fourth-order valence-corrected chi connectivity index (χ4v) is 7.01. The van der Waals surface area contributed by atoms with Crippen LogP contribution in [0.3, 0.4) is 0 Å². The van der Waals surface area contributed by atoms with Gasteiger partial charge in [0, 0.05) is 24.3 Å². The molecule has 3 aromatic carbocycles. The summed E-state index contributed by atoms with van der Waals surface area (Å²) in [5.74, 6) is -0.694. The van der Waals surface area contributed by atoms with Crippen molar-refractivity contribution in [3.8, 4) is 33.0 Å². The predicted octanol–water partition coefficient (Wildman–Crippen LogP) is 8.36. The van der Waals surface area contributed by atoms with Crippen LogP contribution in [0.5, 0.6) is 0 Å². The van der Waals surface area contributed by atoms with Crippen molar-refractivity contribution < 1.29 is 1.37 Å². The fraction of sp³-hybridized carbons (Fsp3) is 0.200. The Morgan fingerprint density at radius 2 is 1.47 bits per heavy atom. The molecule has 0 aliphatic heterocycles. The second-order valence-corrected chi connectivity index (χ2v) is 16.0. The quantitative estimate of drug-likeness (QED) is 0.237. The maximum Gasteiger partial charge on any atom is 0.124 e. The van der Waals surface area contributed by atoms with Crippen molar-refractivity contribution in [2.24, 2.45) is 0 Å². The van der Waals surface area contributed by atoms with Crippen molar-refractivity contribution in [3.05, 3.63) is 90.6 Å². The van der Waals surface area contributed by atoms with Crippen LogP contribution in [0.1, 0.15) is 26.7 Å². The molecule has 0 N–H and O–H groups in total. The average Bonchev–Trinajstić information content (AvgIpc) is 3.27. The monoisotopic (exact) mass is 479 g/mol. The molecule has 5 aromatic rings. The lowest BCUT2D eigenvalue weighted by Gasteiger charge is -2.23. The van der Waals surface area contributed by atoms with Gasteiger partial charge in [-0.3, -0.25) is 4.98 Å². The van der Waals surface area contributed by atoms with Crippen LogP contribution in [0.25, 0.3) is 43.2 Å². The van der Waals surface area contributed by atoms with E-state index in [2.05, 4.69) is 86.4 Å². The molecule has 0 aliphatic carbocycles. The minimum Gasteiger partial charge on any atom is -0.256 e. The highest BCUT2D eigenvalue weighted by Gasteiger charge is 2.23. The number of hydrogen-bond acceptors (Lipinski definition) is 3. The van der Waals surface area contributed by atoms with E-state index in [4.69, 9.17) is 11.3 Å². The highest BCUT2D eigenvalue weighted by molar-refractivity contribution is 7.22. The van der Waals surface area contributed by atoms with Gasteiger partial charge in [0.2, 0.25) is 0 Å². The van der Waals surface area contributed by atoms with Crippen molar-refractivity contribution in [2.45, 2.75) is 39.4 Å². The van der Waals surface area contributed by atoms with Crippen molar-refractivity contribution in [3.63, 3.8) is 0 Å². The van der Waals surface area contributed by atoms with E-state index in [9.17, 15) is 0 Å². The summed E-state index contributed by atoms with van der Waals surface area (Å²) in [5, 5.41) is 2.27. The second-order valence-electron chi connectivity index (χ2n) is 9.99. The summed E-state index contributed by atoms with van der Waals surface area (Å²) < 4.78 is 10.0. The molecule has 2 aromatic heterocycles. The summed E-state index contributed by atoms with van der Waals surface area (Å²) in [5.41, 5.74) is 7.46. The molecule has 0 atom stereocenters. The first-order chi connectivity index (χ1) is 16.6. The third kappa shape index (κ3) is 4.36. The van der Waals surface area contributed by atoms with E-state index in [-0.39, 0.29) is 0 Å². The van der Waals surface area contributed by atoms with Crippen LogP contribution in [0.2, 0.25) is 19.6 Å². The van der Waals surface area contributed by atoms with Gasteiger partial charge in [-0.1, -0.05) is 94.2 Å². The zero-order valence-corrected chi connectivity index (χ0v) is 22.2. The largest absolute Gasteiger partial charge is 0.256 e. The zero-order valence-electron chi connectivity index (χ0n) is 21.4. The number of fused-ring (bicyclic) bond motifs is 1. The molecule has 0 radical (unpaired) electrons. The molecular weight excluding hydrogens is 448 g/mol. The zero-order chi connectivity index (χ0) is 24.8. The van der Waals surface area contributed by atoms with E-state index in [0.29, 0.717) is 0 Å². The molecule has 2 heterocycles. The van der Waals surface area contributed by atoms with E-state index in [1.54, 1.807) is 11.3 Å². The molecule has 0 aliphatic rings. The Morgan fingerprint density at radius 1 is 0.824 bits per heavy atom. The second kappa shape index (κ2) is 8.93. The first kappa shape index (κ1) is 21.5. The standard InChI is InChI=1S/C30H30N2SSi/c1-20(2)24-18-26(31-19-28(24)34(3,4)5)23-16-25(21-12-8-6-9-13-21)29-27(17-23)32-30(33-29)22-14-10-7-11-15-22/h6-20H,1-5H3/i20D. The third-order valence-corrected chi connectivity index (χ3v) is 9.31. The molecular formula is C30H30N2SSi. The summed E-state index contributed by atoms with van der Waals surface area (Å²) >= 11 is 1.73. The van der Waals surface area contributed by atoms with E-state index in [1.807, 2.05) is 32.2 Å². The Balaban J connectivity index is 1.75. The molecule has 0 saturated carbocycles. The van der Waals surface area contributed by atoms with E-state index < -0.39 is 14.0 Å². The molecule has 0 saturated heterocycles. The highest BCUT2D eigenvalue weighted by Crippen LogP contribution is 2.39. The number of pyridine rings is 1. The van der Waals surface area contributed by atoms with Gasteiger partial charge in [-0.25, -0.2) is 4.98 Å². The summed E-state index contributed by atoms with van der Waals surface area (Å²) in [4.78, 5) is 9.97. The number of nitrogens with zero attached hydrogens (tertiary/aromatic N) is 2. The maximum absolute atomic E-state index is 8.84. The lowest BCUT2D eigenvalue weighted by molar-refractivity contribution is 0.870. The van der Waals surface area contributed by atoms with E-state index >= 15 is 0 Å². The normalized spacial score (nSPS) is 12.7. The minimum atomic E-state index is -1.65. The summed E-state index contributed by atoms with van der Waals surface area (Å²) in [7, 11) is -1.65. The Labute approximate surface area is 208 Å². The Kier molecular flexibility index (Phi) is 5.64. The van der Waals surface area contributed by atoms with Gasteiger partial charge in [-0.15, -0.1) is 11.3 Å². The van der Waals surface area contributed by atoms with Crippen LogP contribution in [0.15, 0.2) is 85.1 Å². The third-order valence-electron chi connectivity index (χ3n) is 6.14. The number of thiazole rings is 1. The molecule has 0 bridgehead atoms. The number of benzene rings is 3. The predicted molar refractivity (Wildman–Crippen MR) is 151 cm³/mol. The van der Waals surface area contributed by atoms with Crippen LogP contribution in [-0.2, 0) is 0 Å². The molecule has 5 rings (SSSR count). The Hall–Kier alpha value is -3.08. The van der Waals surface area contributed by atoms with Gasteiger partial charge in [0.25, 0.3) is 0 Å². The van der Waals surface area contributed by atoms with Crippen LogP contribution in [0.4, 0.5) is 0 Å². The Bertz CT molecular complexity index is 1500. The maximum atomic E-state index is 8.84. The molecule has 4 heteroatoms. The smallest absolute Gasteiger partial charge is 0.124 e. The number of hydrogen-bond donors (Lipinski definition) is 0. The van der Waals surface area contributed by atoms with E-state index in [0.717, 1.165) is 32.9 Å². The first-order valence-electron chi connectivity index (χ1n) is 12.2. The van der Waals surface area contributed by atoms with Crippen molar-refractivity contribution in [2.75, 3.05) is 0 Å². The van der Waals surface area contributed by atoms with Crippen LogP contribution in [0, 0.1) is 0 Å². The average molecular weight is 480 g/mol. The van der Waals surface area contributed by atoms with Gasteiger partial charge < -0.3 is 0 Å². The lowest BCUT2D eigenvalue weighted by Crippen LogP contribution is -2.40. The van der Waals surface area contributed by atoms with Gasteiger partial charge in [-0.2, -0.15) is 0 Å². The molecule has 170 valence electrons. The van der Waals surface area contributed by atoms with Crippen molar-refractivity contribution in [1.82, 2.24) is 9.97 Å². The summed E-state index contributed by atoms with van der Waals surface area (Å²) in [6, 6.07) is 27.4. The molecule has 0 spiro atoms. The van der Waals surface area contributed by atoms with Crippen LogP contribution >= 0.6 is 11.3 Å². The molecule has 0 amide bonds. The van der Waals surface area contributed by atoms with Gasteiger partial charge in [-0.05, 0) is 40.4 Å². The molecule has 0 unspecified atom stereocenters. The highest BCUT2D eigenvalue weighted by atomic mass is 32.1. The van der Waals surface area contributed by atoms with Gasteiger partial charge >= 0.3 is 0 Å². The number of aromatic nitrogens is 2. The molecule has 0 fully saturated rings. The van der Waals surface area contributed by atoms with Crippen LogP contribution < -0.4 is 5.19 Å².